The van der Waals surface area contributed by atoms with Crippen LogP contribution in [0.4, 0.5) is 5.00 Å². The molecule has 1 fully saturated rings. The topological polar surface area (TPSA) is 86.7 Å². The van der Waals surface area contributed by atoms with Gasteiger partial charge in [0, 0.05) is 24.8 Å². The minimum Gasteiger partial charge on any atom is -0.478 e. The number of nitrogens with zero attached hydrogens (tertiary/aromatic N) is 1. The van der Waals surface area contributed by atoms with Crippen LogP contribution >= 0.6 is 11.3 Å². The Bertz CT molecular complexity index is 707. The van der Waals surface area contributed by atoms with Crippen LogP contribution in [0.2, 0.25) is 0 Å². The number of amides is 2. The maximum atomic E-state index is 12.4. The zero-order valence-corrected chi connectivity index (χ0v) is 16.0. The summed E-state index contributed by atoms with van der Waals surface area (Å²) in [4.78, 5) is 38.3. The molecule has 0 radical (unpaired) electrons. The Morgan fingerprint density at radius 2 is 1.96 bits per heavy atom. The van der Waals surface area contributed by atoms with Gasteiger partial charge in [0.1, 0.15) is 5.00 Å². The molecule has 2 amide bonds. The fraction of sp³-hybridized carbons (Fsp3) is 0.632. The molecule has 142 valence electrons. The Balaban J connectivity index is 1.68. The van der Waals surface area contributed by atoms with Crippen LogP contribution in [0.5, 0.6) is 0 Å². The van der Waals surface area contributed by atoms with E-state index in [2.05, 4.69) is 5.32 Å². The highest BCUT2D eigenvalue weighted by atomic mass is 32.1. The number of hydrogen-bond donors (Lipinski definition) is 2. The lowest BCUT2D eigenvalue weighted by molar-refractivity contribution is -0.129. The van der Waals surface area contributed by atoms with Crippen LogP contribution in [-0.2, 0) is 22.6 Å². The molecule has 2 N–H and O–H groups in total. The Labute approximate surface area is 157 Å². The summed E-state index contributed by atoms with van der Waals surface area (Å²) in [5, 5.41) is 12.9. The van der Waals surface area contributed by atoms with Gasteiger partial charge in [-0.15, -0.1) is 11.3 Å². The molecule has 0 spiro atoms. The lowest BCUT2D eigenvalue weighted by atomic mass is 9.86. The highest BCUT2D eigenvalue weighted by Gasteiger charge is 2.29. The zero-order chi connectivity index (χ0) is 18.7. The molecule has 3 rings (SSSR count). The number of rotatable bonds is 5. The van der Waals surface area contributed by atoms with Crippen LogP contribution in [-0.4, -0.2) is 34.3 Å². The first kappa shape index (κ1) is 18.9. The molecule has 2 heterocycles. The molecular weight excluding hydrogens is 352 g/mol. The minimum absolute atomic E-state index is 0.0148. The highest BCUT2D eigenvalue weighted by molar-refractivity contribution is 7.17. The molecule has 0 saturated heterocycles. The van der Waals surface area contributed by atoms with E-state index < -0.39 is 5.97 Å². The van der Waals surface area contributed by atoms with Crippen molar-refractivity contribution >= 4 is 34.1 Å². The molecule has 7 heteroatoms. The van der Waals surface area contributed by atoms with Gasteiger partial charge in [-0.1, -0.05) is 32.1 Å². The number of carboxylic acid groups (broad SMARTS) is 1. The molecule has 0 bridgehead atoms. The Kier molecular flexibility index (Phi) is 5.96. The van der Waals surface area contributed by atoms with Crippen LogP contribution in [0.25, 0.3) is 0 Å². The molecular formula is C19H26N2O4S. The van der Waals surface area contributed by atoms with E-state index >= 15 is 0 Å². The highest BCUT2D eigenvalue weighted by Crippen LogP contribution is 2.37. The van der Waals surface area contributed by atoms with Crippen molar-refractivity contribution in [1.29, 1.82) is 0 Å². The van der Waals surface area contributed by atoms with Crippen molar-refractivity contribution in [2.75, 3.05) is 11.9 Å². The van der Waals surface area contributed by atoms with Crippen LogP contribution in [0.3, 0.4) is 0 Å². The van der Waals surface area contributed by atoms with Gasteiger partial charge in [-0.2, -0.15) is 0 Å². The summed E-state index contributed by atoms with van der Waals surface area (Å²) < 4.78 is 0. The Morgan fingerprint density at radius 1 is 1.23 bits per heavy atom. The smallest absolute Gasteiger partial charge is 0.339 e. The van der Waals surface area contributed by atoms with E-state index in [9.17, 15) is 19.5 Å². The van der Waals surface area contributed by atoms with Gasteiger partial charge >= 0.3 is 5.97 Å². The van der Waals surface area contributed by atoms with Crippen molar-refractivity contribution in [1.82, 2.24) is 4.90 Å². The molecule has 1 saturated carbocycles. The monoisotopic (exact) mass is 378 g/mol. The SMILES string of the molecule is CC(=O)N1CCc2c(sc(NC(=O)CCC3CCCCC3)c2C(=O)O)C1. The number of carbonyl (C=O) groups excluding carboxylic acids is 2. The Morgan fingerprint density at radius 3 is 2.62 bits per heavy atom. The molecule has 2 aliphatic rings. The van der Waals surface area contributed by atoms with Crippen molar-refractivity contribution < 1.29 is 19.5 Å². The minimum atomic E-state index is -1.01. The number of carboxylic acids is 1. The fourth-order valence-corrected chi connectivity index (χ4v) is 5.26. The van der Waals surface area contributed by atoms with Gasteiger partial charge in [-0.3, -0.25) is 9.59 Å². The van der Waals surface area contributed by atoms with Gasteiger partial charge in [-0.05, 0) is 24.3 Å². The predicted molar refractivity (Wildman–Crippen MR) is 101 cm³/mol. The second kappa shape index (κ2) is 8.20. The van der Waals surface area contributed by atoms with Crippen LogP contribution in [0.1, 0.15) is 72.7 Å². The average molecular weight is 378 g/mol. The van der Waals surface area contributed by atoms with Crippen molar-refractivity contribution in [3.63, 3.8) is 0 Å². The second-order valence-electron chi connectivity index (χ2n) is 7.29. The molecule has 1 aliphatic heterocycles. The van der Waals surface area contributed by atoms with Crippen molar-refractivity contribution in [2.24, 2.45) is 5.92 Å². The fourth-order valence-electron chi connectivity index (χ4n) is 3.99. The number of thiophene rings is 1. The third-order valence-electron chi connectivity index (χ3n) is 5.47. The van der Waals surface area contributed by atoms with Gasteiger partial charge in [0.25, 0.3) is 0 Å². The number of anilines is 1. The van der Waals surface area contributed by atoms with E-state index in [1.54, 1.807) is 4.90 Å². The van der Waals surface area contributed by atoms with Crippen molar-refractivity contribution in [3.8, 4) is 0 Å². The van der Waals surface area contributed by atoms with E-state index in [1.165, 1.54) is 50.4 Å². The molecule has 0 atom stereocenters. The molecule has 1 aromatic rings. The molecule has 1 aliphatic carbocycles. The van der Waals surface area contributed by atoms with Gasteiger partial charge < -0.3 is 15.3 Å². The van der Waals surface area contributed by atoms with Crippen LogP contribution in [0, 0.1) is 5.92 Å². The standard InChI is InChI=1S/C19H26N2O4S/c1-12(22)21-10-9-14-15(11-21)26-18(17(14)19(24)25)20-16(23)8-7-13-5-3-2-4-6-13/h13H,2-11H2,1H3,(H,20,23)(H,24,25). The summed E-state index contributed by atoms with van der Waals surface area (Å²) in [6.07, 6.45) is 8.01. The van der Waals surface area contributed by atoms with E-state index in [0.717, 1.165) is 16.9 Å². The van der Waals surface area contributed by atoms with E-state index in [-0.39, 0.29) is 17.4 Å². The summed E-state index contributed by atoms with van der Waals surface area (Å²) >= 11 is 1.29. The van der Waals surface area contributed by atoms with Crippen molar-refractivity contribution in [3.05, 3.63) is 16.0 Å². The maximum Gasteiger partial charge on any atom is 0.339 e. The first-order valence-electron chi connectivity index (χ1n) is 9.39. The molecule has 26 heavy (non-hydrogen) atoms. The Hall–Kier alpha value is -1.89. The first-order valence-corrected chi connectivity index (χ1v) is 10.2. The predicted octanol–water partition coefficient (Wildman–Crippen LogP) is 3.65. The number of nitrogens with one attached hydrogen (secondary N) is 1. The number of fused-ring (bicyclic) bond motifs is 1. The van der Waals surface area contributed by atoms with Crippen LogP contribution < -0.4 is 5.32 Å². The zero-order valence-electron chi connectivity index (χ0n) is 15.2. The number of aromatic carboxylic acids is 1. The maximum absolute atomic E-state index is 12.4. The van der Waals surface area contributed by atoms with Gasteiger partial charge in [-0.25, -0.2) is 4.79 Å². The first-order chi connectivity index (χ1) is 12.5. The molecule has 0 aromatic carbocycles. The van der Waals surface area contributed by atoms with Gasteiger partial charge in [0.05, 0.1) is 12.1 Å². The summed E-state index contributed by atoms with van der Waals surface area (Å²) in [5.41, 5.74) is 0.974. The summed E-state index contributed by atoms with van der Waals surface area (Å²) in [7, 11) is 0. The normalized spacial score (nSPS) is 17.7. The van der Waals surface area contributed by atoms with Crippen molar-refractivity contribution in [2.45, 2.75) is 64.8 Å². The number of hydrogen-bond acceptors (Lipinski definition) is 4. The van der Waals surface area contributed by atoms with E-state index in [1.807, 2.05) is 0 Å². The molecule has 1 aromatic heterocycles. The molecule has 6 nitrogen and oxygen atoms in total. The summed E-state index contributed by atoms with van der Waals surface area (Å²) in [6, 6.07) is 0. The molecule has 0 unspecified atom stereocenters. The second-order valence-corrected chi connectivity index (χ2v) is 8.40. The third-order valence-corrected chi connectivity index (χ3v) is 6.61. The lowest BCUT2D eigenvalue weighted by Gasteiger charge is -2.25. The number of carbonyl (C=O) groups is 3. The third kappa shape index (κ3) is 4.26. The summed E-state index contributed by atoms with van der Waals surface area (Å²) in [5.74, 6) is -0.519. The van der Waals surface area contributed by atoms with E-state index in [0.29, 0.717) is 36.9 Å². The largest absolute Gasteiger partial charge is 0.478 e. The lowest BCUT2D eigenvalue weighted by Crippen LogP contribution is -2.33. The quantitative estimate of drug-likeness (QED) is 0.819. The van der Waals surface area contributed by atoms with Gasteiger partial charge in [0.15, 0.2) is 0 Å². The average Bonchev–Trinajstić information content (AvgIpc) is 2.97. The van der Waals surface area contributed by atoms with E-state index in [4.69, 9.17) is 0 Å². The van der Waals surface area contributed by atoms with Crippen LogP contribution in [0.15, 0.2) is 0 Å². The van der Waals surface area contributed by atoms with Gasteiger partial charge in [0.2, 0.25) is 11.8 Å². The summed E-state index contributed by atoms with van der Waals surface area (Å²) in [6.45, 7) is 2.46.